The zero-order valence-corrected chi connectivity index (χ0v) is 17.2. The Bertz CT molecular complexity index is 481. The quantitative estimate of drug-likeness (QED) is 0.350. The van der Waals surface area contributed by atoms with Crippen LogP contribution in [-0.4, -0.2) is 11.7 Å². The molecule has 25 heavy (non-hydrogen) atoms. The van der Waals surface area contributed by atoms with Gasteiger partial charge in [-0.05, 0) is 55.7 Å². The van der Waals surface area contributed by atoms with Gasteiger partial charge in [-0.1, -0.05) is 65.7 Å². The highest BCUT2D eigenvalue weighted by Crippen LogP contribution is 2.33. The fourth-order valence-electron chi connectivity index (χ4n) is 3.55. The number of nitrogens with one attached hydrogen (secondary N) is 1. The lowest BCUT2D eigenvalue weighted by Crippen LogP contribution is -2.07. The third-order valence-electron chi connectivity index (χ3n) is 5.22. The molecule has 1 aromatic carbocycles. The molecule has 0 aliphatic carbocycles. The average Bonchev–Trinajstić information content (AvgIpc) is 2.60. The zero-order chi connectivity index (χ0) is 18.5. The summed E-state index contributed by atoms with van der Waals surface area (Å²) in [7, 11) is 0. The molecule has 0 aliphatic rings. The van der Waals surface area contributed by atoms with E-state index in [0.29, 0.717) is 5.75 Å². The van der Waals surface area contributed by atoms with Gasteiger partial charge in [0.25, 0.3) is 0 Å². The summed E-state index contributed by atoms with van der Waals surface area (Å²) in [6, 6.07) is 1.97. The second-order valence-corrected chi connectivity index (χ2v) is 7.43. The van der Waals surface area contributed by atoms with Gasteiger partial charge >= 0.3 is 0 Å². The highest BCUT2D eigenvalue weighted by molar-refractivity contribution is 5.61. The lowest BCUT2D eigenvalue weighted by molar-refractivity contribution is 0.465. The molecule has 0 spiro atoms. The Morgan fingerprint density at radius 2 is 1.32 bits per heavy atom. The number of rotatable bonds is 14. The van der Waals surface area contributed by atoms with Crippen molar-refractivity contribution in [3.8, 4) is 5.75 Å². The van der Waals surface area contributed by atoms with Gasteiger partial charge in [-0.15, -0.1) is 0 Å². The van der Waals surface area contributed by atoms with E-state index in [4.69, 9.17) is 0 Å². The summed E-state index contributed by atoms with van der Waals surface area (Å²) >= 11 is 0. The van der Waals surface area contributed by atoms with Crippen LogP contribution in [-0.2, 0) is 12.8 Å². The maximum Gasteiger partial charge on any atom is 0.121 e. The molecule has 0 radical (unpaired) electrons. The number of phenols is 1. The smallest absolute Gasteiger partial charge is 0.121 e. The van der Waals surface area contributed by atoms with E-state index in [2.05, 4.69) is 33.0 Å². The minimum atomic E-state index is 0.504. The topological polar surface area (TPSA) is 32.3 Å². The standard InChI is InChI=1S/C23H41NO/c1-5-8-11-14-17-24-22-18-23(25)21(16-13-10-7-3)20(19(22)4)15-12-9-6-2/h18,24-25H,5-17H2,1-4H3. The third-order valence-corrected chi connectivity index (χ3v) is 5.22. The summed E-state index contributed by atoms with van der Waals surface area (Å²) in [4.78, 5) is 0. The first-order valence-electron chi connectivity index (χ1n) is 10.7. The maximum atomic E-state index is 10.7. The highest BCUT2D eigenvalue weighted by Gasteiger charge is 2.14. The molecule has 1 aromatic rings. The van der Waals surface area contributed by atoms with Crippen molar-refractivity contribution < 1.29 is 5.11 Å². The summed E-state index contributed by atoms with van der Waals surface area (Å²) in [6.07, 6.45) is 14.6. The van der Waals surface area contributed by atoms with E-state index in [-0.39, 0.29) is 0 Å². The van der Waals surface area contributed by atoms with Gasteiger partial charge in [0, 0.05) is 18.3 Å². The first kappa shape index (κ1) is 21.9. The molecule has 0 unspecified atom stereocenters. The van der Waals surface area contributed by atoms with E-state index in [1.165, 1.54) is 80.9 Å². The molecule has 2 N–H and O–H groups in total. The molecule has 0 saturated heterocycles. The third kappa shape index (κ3) is 7.71. The van der Waals surface area contributed by atoms with Crippen LogP contribution < -0.4 is 5.32 Å². The Hall–Kier alpha value is -1.18. The lowest BCUT2D eigenvalue weighted by atomic mass is 9.91. The Labute approximate surface area is 156 Å². The lowest BCUT2D eigenvalue weighted by Gasteiger charge is -2.19. The van der Waals surface area contributed by atoms with E-state index in [9.17, 15) is 5.11 Å². The molecule has 2 nitrogen and oxygen atoms in total. The minimum Gasteiger partial charge on any atom is -0.508 e. The van der Waals surface area contributed by atoms with Crippen molar-refractivity contribution in [2.45, 2.75) is 105 Å². The van der Waals surface area contributed by atoms with E-state index in [1.807, 2.05) is 6.07 Å². The molecule has 144 valence electrons. The van der Waals surface area contributed by atoms with Crippen LogP contribution in [0.5, 0.6) is 5.75 Å². The van der Waals surface area contributed by atoms with E-state index in [0.717, 1.165) is 25.1 Å². The second kappa shape index (κ2) is 13.1. The second-order valence-electron chi connectivity index (χ2n) is 7.43. The van der Waals surface area contributed by atoms with Gasteiger partial charge in [-0.3, -0.25) is 0 Å². The fourth-order valence-corrected chi connectivity index (χ4v) is 3.55. The van der Waals surface area contributed by atoms with Gasteiger partial charge in [0.15, 0.2) is 0 Å². The van der Waals surface area contributed by atoms with Gasteiger partial charge in [0.05, 0.1) is 0 Å². The minimum absolute atomic E-state index is 0.504. The molecule has 0 heterocycles. The predicted octanol–water partition coefficient (Wildman–Crippen LogP) is 7.16. The van der Waals surface area contributed by atoms with Crippen molar-refractivity contribution in [3.05, 3.63) is 22.8 Å². The molecule has 0 saturated carbocycles. The van der Waals surface area contributed by atoms with Crippen LogP contribution in [0.4, 0.5) is 5.69 Å². The monoisotopic (exact) mass is 347 g/mol. The van der Waals surface area contributed by atoms with Crippen LogP contribution in [0.2, 0.25) is 0 Å². The highest BCUT2D eigenvalue weighted by atomic mass is 16.3. The fraction of sp³-hybridized carbons (Fsp3) is 0.739. The van der Waals surface area contributed by atoms with Gasteiger partial charge in [-0.2, -0.15) is 0 Å². The number of anilines is 1. The maximum absolute atomic E-state index is 10.7. The normalized spacial score (nSPS) is 11.0. The predicted molar refractivity (Wildman–Crippen MR) is 112 cm³/mol. The van der Waals surface area contributed by atoms with E-state index in [1.54, 1.807) is 0 Å². The SMILES string of the molecule is CCCCCCNc1cc(O)c(CCCCC)c(CCCCC)c1C. The molecule has 0 amide bonds. The van der Waals surface area contributed by atoms with Crippen LogP contribution in [0.1, 0.15) is 102 Å². The van der Waals surface area contributed by atoms with Gasteiger partial charge in [0.2, 0.25) is 0 Å². The van der Waals surface area contributed by atoms with E-state index < -0.39 is 0 Å². The first-order chi connectivity index (χ1) is 12.2. The molecule has 0 aromatic heterocycles. The molecule has 0 aliphatic heterocycles. The van der Waals surface area contributed by atoms with Gasteiger partial charge in [0.1, 0.15) is 5.75 Å². The number of unbranched alkanes of at least 4 members (excludes halogenated alkanes) is 7. The summed E-state index contributed by atoms with van der Waals surface area (Å²) in [6.45, 7) is 9.97. The van der Waals surface area contributed by atoms with Crippen molar-refractivity contribution in [1.82, 2.24) is 0 Å². The number of hydrogen-bond donors (Lipinski definition) is 2. The summed E-state index contributed by atoms with van der Waals surface area (Å²) in [5, 5.41) is 14.2. The first-order valence-corrected chi connectivity index (χ1v) is 10.7. The molecule has 0 atom stereocenters. The Balaban J connectivity index is 2.87. The summed E-state index contributed by atoms with van der Waals surface area (Å²) in [5.74, 6) is 0.504. The van der Waals surface area contributed by atoms with Crippen molar-refractivity contribution >= 4 is 5.69 Å². The molecule has 0 fully saturated rings. The average molecular weight is 348 g/mol. The number of hydrogen-bond acceptors (Lipinski definition) is 2. The Kier molecular flexibility index (Phi) is 11.4. The Morgan fingerprint density at radius 3 is 1.92 bits per heavy atom. The summed E-state index contributed by atoms with van der Waals surface area (Å²) < 4.78 is 0. The molecular formula is C23H41NO. The molecule has 1 rings (SSSR count). The van der Waals surface area contributed by atoms with Gasteiger partial charge in [-0.25, -0.2) is 0 Å². The zero-order valence-electron chi connectivity index (χ0n) is 17.2. The van der Waals surface area contributed by atoms with Crippen molar-refractivity contribution in [1.29, 1.82) is 0 Å². The van der Waals surface area contributed by atoms with Gasteiger partial charge < -0.3 is 10.4 Å². The number of aromatic hydroxyl groups is 1. The van der Waals surface area contributed by atoms with Crippen LogP contribution in [0, 0.1) is 6.92 Å². The van der Waals surface area contributed by atoms with Crippen molar-refractivity contribution in [3.63, 3.8) is 0 Å². The molecular weight excluding hydrogens is 306 g/mol. The van der Waals surface area contributed by atoms with Crippen LogP contribution in [0.3, 0.4) is 0 Å². The van der Waals surface area contributed by atoms with Crippen LogP contribution >= 0.6 is 0 Å². The van der Waals surface area contributed by atoms with E-state index >= 15 is 0 Å². The van der Waals surface area contributed by atoms with Crippen molar-refractivity contribution in [2.24, 2.45) is 0 Å². The number of benzene rings is 1. The molecule has 0 bridgehead atoms. The largest absolute Gasteiger partial charge is 0.508 e. The van der Waals surface area contributed by atoms with Crippen LogP contribution in [0.25, 0.3) is 0 Å². The van der Waals surface area contributed by atoms with Crippen molar-refractivity contribution in [2.75, 3.05) is 11.9 Å². The molecule has 2 heteroatoms. The summed E-state index contributed by atoms with van der Waals surface area (Å²) in [5.41, 5.74) is 5.11. The Morgan fingerprint density at radius 1 is 0.760 bits per heavy atom. The van der Waals surface area contributed by atoms with Crippen LogP contribution in [0.15, 0.2) is 6.07 Å². The number of phenolic OH excluding ortho intramolecular Hbond substituents is 1.